The van der Waals surface area contributed by atoms with E-state index in [-0.39, 0.29) is 0 Å². The van der Waals surface area contributed by atoms with Gasteiger partial charge in [0.05, 0.1) is 5.39 Å². The fourth-order valence-electron chi connectivity index (χ4n) is 1.50. The van der Waals surface area contributed by atoms with E-state index >= 15 is 0 Å². The highest BCUT2D eigenvalue weighted by molar-refractivity contribution is 7.16. The first-order valence-corrected chi connectivity index (χ1v) is 10.4. The van der Waals surface area contributed by atoms with Gasteiger partial charge in [-0.15, -0.1) is 22.8 Å². The minimum absolute atomic E-state index is 0.833. The molecule has 0 aromatic carbocycles. The third kappa shape index (κ3) is 3.55. The normalized spacial score (nSPS) is 11.1. The van der Waals surface area contributed by atoms with Gasteiger partial charge < -0.3 is 5.32 Å². The largest absolute Gasteiger partial charge is 0.368 e. The summed E-state index contributed by atoms with van der Waals surface area (Å²) in [5.41, 5.74) is 3.36. The Kier molecular flexibility index (Phi) is 3.99. The summed E-state index contributed by atoms with van der Waals surface area (Å²) in [6.07, 6.45) is 2.47. The SMILES string of the molecule is C[Si](C)(C)C#CCCNc1ncnc2sccc12. The maximum atomic E-state index is 4.27. The van der Waals surface area contributed by atoms with E-state index in [1.54, 1.807) is 17.7 Å². The second-order valence-corrected chi connectivity index (χ2v) is 10.7. The molecule has 2 heterocycles. The lowest BCUT2D eigenvalue weighted by Gasteiger charge is -2.05. The summed E-state index contributed by atoms with van der Waals surface area (Å²) in [5, 5.41) is 6.46. The van der Waals surface area contributed by atoms with Crippen LogP contribution in [0.5, 0.6) is 0 Å². The summed E-state index contributed by atoms with van der Waals surface area (Å²) < 4.78 is 0. The molecule has 0 unspecified atom stereocenters. The van der Waals surface area contributed by atoms with Crippen LogP contribution in [-0.4, -0.2) is 24.6 Å². The van der Waals surface area contributed by atoms with Crippen LogP contribution in [0.3, 0.4) is 0 Å². The Balaban J connectivity index is 1.94. The number of thiophene rings is 1. The van der Waals surface area contributed by atoms with Crippen LogP contribution in [0.1, 0.15) is 6.42 Å². The number of rotatable bonds is 3. The van der Waals surface area contributed by atoms with E-state index in [4.69, 9.17) is 0 Å². The standard InChI is InChI=1S/C13H17N3SSi/c1-18(2,3)9-5-4-7-14-12-11-6-8-17-13(11)16-10-15-12/h6,8,10H,4,7H2,1-3H3,(H,14,15,16). The number of nitrogens with zero attached hydrogens (tertiary/aromatic N) is 2. The van der Waals surface area contributed by atoms with Crippen molar-refractivity contribution in [2.45, 2.75) is 26.1 Å². The molecule has 0 bridgehead atoms. The molecule has 3 nitrogen and oxygen atoms in total. The van der Waals surface area contributed by atoms with Crippen molar-refractivity contribution in [2.75, 3.05) is 11.9 Å². The van der Waals surface area contributed by atoms with Crippen LogP contribution >= 0.6 is 11.3 Å². The van der Waals surface area contributed by atoms with Crippen molar-refractivity contribution < 1.29 is 0 Å². The lowest BCUT2D eigenvalue weighted by Crippen LogP contribution is -2.16. The Morgan fingerprint density at radius 2 is 2.17 bits per heavy atom. The highest BCUT2D eigenvalue weighted by Crippen LogP contribution is 2.23. The molecule has 0 saturated carbocycles. The van der Waals surface area contributed by atoms with Crippen LogP contribution in [0.15, 0.2) is 17.8 Å². The van der Waals surface area contributed by atoms with Crippen molar-refractivity contribution in [3.05, 3.63) is 17.8 Å². The van der Waals surface area contributed by atoms with Crippen LogP contribution in [-0.2, 0) is 0 Å². The highest BCUT2D eigenvalue weighted by Gasteiger charge is 2.07. The van der Waals surface area contributed by atoms with Gasteiger partial charge in [0.25, 0.3) is 0 Å². The van der Waals surface area contributed by atoms with Gasteiger partial charge in [-0.3, -0.25) is 0 Å². The molecule has 0 atom stereocenters. The first-order valence-electron chi connectivity index (χ1n) is 5.98. The fourth-order valence-corrected chi connectivity index (χ4v) is 2.89. The van der Waals surface area contributed by atoms with Gasteiger partial charge in [0.2, 0.25) is 0 Å². The zero-order valence-electron chi connectivity index (χ0n) is 10.9. The molecule has 18 heavy (non-hydrogen) atoms. The van der Waals surface area contributed by atoms with Gasteiger partial charge in [-0.25, -0.2) is 9.97 Å². The topological polar surface area (TPSA) is 37.8 Å². The number of fused-ring (bicyclic) bond motifs is 1. The van der Waals surface area contributed by atoms with E-state index in [0.717, 1.165) is 29.0 Å². The number of aromatic nitrogens is 2. The average molecular weight is 275 g/mol. The van der Waals surface area contributed by atoms with Crippen molar-refractivity contribution in [1.29, 1.82) is 0 Å². The number of anilines is 1. The van der Waals surface area contributed by atoms with Crippen LogP contribution in [0, 0.1) is 11.5 Å². The molecule has 0 aliphatic rings. The Morgan fingerprint density at radius 3 is 2.94 bits per heavy atom. The zero-order valence-corrected chi connectivity index (χ0v) is 12.8. The molecule has 1 N–H and O–H groups in total. The van der Waals surface area contributed by atoms with Gasteiger partial charge in [0.1, 0.15) is 25.0 Å². The van der Waals surface area contributed by atoms with E-state index in [1.165, 1.54) is 0 Å². The van der Waals surface area contributed by atoms with Gasteiger partial charge in [0, 0.05) is 13.0 Å². The van der Waals surface area contributed by atoms with E-state index in [0.29, 0.717) is 0 Å². The number of nitrogens with one attached hydrogen (secondary N) is 1. The summed E-state index contributed by atoms with van der Waals surface area (Å²) in [6.45, 7) is 7.60. The van der Waals surface area contributed by atoms with Crippen LogP contribution in [0.4, 0.5) is 5.82 Å². The number of hydrogen-bond acceptors (Lipinski definition) is 4. The van der Waals surface area contributed by atoms with Crippen molar-refractivity contribution in [3.63, 3.8) is 0 Å². The molecule has 2 aromatic rings. The predicted molar refractivity (Wildman–Crippen MR) is 81.6 cm³/mol. The predicted octanol–water partition coefficient (Wildman–Crippen LogP) is 3.37. The van der Waals surface area contributed by atoms with Gasteiger partial charge in [-0.05, 0) is 11.4 Å². The van der Waals surface area contributed by atoms with Gasteiger partial charge in [0.15, 0.2) is 0 Å². The first kappa shape index (κ1) is 13.1. The maximum absolute atomic E-state index is 4.27. The lowest BCUT2D eigenvalue weighted by molar-refractivity contribution is 1.07. The van der Waals surface area contributed by atoms with Gasteiger partial charge in [-0.2, -0.15) is 0 Å². The van der Waals surface area contributed by atoms with E-state index in [9.17, 15) is 0 Å². The minimum Gasteiger partial charge on any atom is -0.368 e. The summed E-state index contributed by atoms with van der Waals surface area (Å²) >= 11 is 1.64. The molecule has 2 rings (SSSR count). The summed E-state index contributed by atoms with van der Waals surface area (Å²) in [4.78, 5) is 9.52. The smallest absolute Gasteiger partial charge is 0.138 e. The zero-order chi connectivity index (χ0) is 13.0. The monoisotopic (exact) mass is 275 g/mol. The summed E-state index contributed by atoms with van der Waals surface area (Å²) in [6, 6.07) is 2.05. The molecule has 2 aromatic heterocycles. The molecule has 0 aliphatic carbocycles. The molecular weight excluding hydrogens is 258 g/mol. The van der Waals surface area contributed by atoms with Gasteiger partial charge in [-0.1, -0.05) is 19.6 Å². The Labute approximate surface area is 113 Å². The second-order valence-electron chi connectivity index (χ2n) is 5.09. The van der Waals surface area contributed by atoms with Crippen molar-refractivity contribution in [2.24, 2.45) is 0 Å². The minimum atomic E-state index is -1.23. The van der Waals surface area contributed by atoms with E-state index in [1.807, 2.05) is 5.38 Å². The third-order valence-corrected chi connectivity index (χ3v) is 4.02. The van der Waals surface area contributed by atoms with Crippen LogP contribution in [0.25, 0.3) is 10.2 Å². The maximum Gasteiger partial charge on any atom is 0.138 e. The lowest BCUT2D eigenvalue weighted by atomic mass is 10.3. The summed E-state index contributed by atoms with van der Waals surface area (Å²) in [7, 11) is -1.23. The van der Waals surface area contributed by atoms with E-state index < -0.39 is 8.07 Å². The fraction of sp³-hybridized carbons (Fsp3) is 0.385. The summed E-state index contributed by atoms with van der Waals surface area (Å²) in [5.74, 6) is 4.16. The Bertz CT molecular complexity index is 589. The molecule has 0 fully saturated rings. The Hall–Kier alpha value is -1.38. The van der Waals surface area contributed by atoms with Crippen molar-refractivity contribution in [1.82, 2.24) is 9.97 Å². The quantitative estimate of drug-likeness (QED) is 0.530. The third-order valence-electron chi connectivity index (χ3n) is 2.27. The van der Waals surface area contributed by atoms with Gasteiger partial charge >= 0.3 is 0 Å². The molecular formula is C13H17N3SSi. The van der Waals surface area contributed by atoms with Crippen LogP contribution in [0.2, 0.25) is 19.6 Å². The second kappa shape index (κ2) is 5.51. The Morgan fingerprint density at radius 1 is 1.33 bits per heavy atom. The molecule has 0 aliphatic heterocycles. The molecule has 0 saturated heterocycles. The highest BCUT2D eigenvalue weighted by atomic mass is 32.1. The first-order chi connectivity index (χ1) is 8.56. The molecule has 0 amide bonds. The molecule has 5 heteroatoms. The molecule has 94 valence electrons. The average Bonchev–Trinajstić information content (AvgIpc) is 2.75. The van der Waals surface area contributed by atoms with Crippen LogP contribution < -0.4 is 5.32 Å². The number of hydrogen-bond donors (Lipinski definition) is 1. The van der Waals surface area contributed by atoms with Crippen molar-refractivity contribution in [3.8, 4) is 11.5 Å². The molecule has 0 radical (unpaired) electrons. The van der Waals surface area contributed by atoms with Crippen molar-refractivity contribution >= 4 is 35.4 Å². The van der Waals surface area contributed by atoms with E-state index in [2.05, 4.69) is 52.5 Å². The molecule has 0 spiro atoms.